The van der Waals surface area contributed by atoms with Crippen LogP contribution < -0.4 is 10.6 Å². The van der Waals surface area contributed by atoms with Crippen LogP contribution in [-0.4, -0.2) is 42.3 Å². The highest BCUT2D eigenvalue weighted by molar-refractivity contribution is 7.10. The maximum Gasteiger partial charge on any atom is 0.165 e. The van der Waals surface area contributed by atoms with Gasteiger partial charge >= 0.3 is 0 Å². The quantitative estimate of drug-likeness (QED) is 0.514. The molecule has 0 unspecified atom stereocenters. The van der Waals surface area contributed by atoms with Crippen LogP contribution in [0.3, 0.4) is 0 Å². The highest BCUT2D eigenvalue weighted by Gasteiger charge is 2.18. The number of nitrogens with zero attached hydrogens (tertiary/aromatic N) is 5. The Kier molecular flexibility index (Phi) is 3.87. The predicted octanol–water partition coefficient (Wildman–Crippen LogP) is 2.79. The molecule has 4 aromatic heterocycles. The number of anilines is 2. The van der Waals surface area contributed by atoms with Gasteiger partial charge in [-0.25, -0.2) is 4.98 Å². The summed E-state index contributed by atoms with van der Waals surface area (Å²) in [6, 6.07) is 4.08. The molecule has 1 fully saturated rings. The van der Waals surface area contributed by atoms with E-state index in [4.69, 9.17) is 0 Å². The summed E-state index contributed by atoms with van der Waals surface area (Å²) in [4.78, 5) is 4.48. The van der Waals surface area contributed by atoms with Crippen LogP contribution in [0, 0.1) is 0 Å². The highest BCUT2D eigenvalue weighted by Crippen LogP contribution is 2.31. The molecule has 3 N–H and O–H groups in total. The van der Waals surface area contributed by atoms with Crippen molar-refractivity contribution in [3.8, 4) is 11.1 Å². The van der Waals surface area contributed by atoms with Crippen LogP contribution in [0.25, 0.3) is 16.8 Å². The molecule has 0 amide bonds. The van der Waals surface area contributed by atoms with Gasteiger partial charge in [0.2, 0.25) is 0 Å². The standard InChI is InChI=1S/C17H18N8S/c1-4-18-5-2-11(1)14-7-16(26-24-14)23-15-3-6-19-17-13(10-22-25(15)17)12-8-20-21-9-12/h3,6-11,18,23H,1-2,4-5H2,(H,20,21). The van der Waals surface area contributed by atoms with Crippen LogP contribution in [0.15, 0.2) is 36.9 Å². The van der Waals surface area contributed by atoms with Crippen LogP contribution in [-0.2, 0) is 0 Å². The van der Waals surface area contributed by atoms with E-state index in [1.54, 1.807) is 12.4 Å². The van der Waals surface area contributed by atoms with Crippen molar-refractivity contribution >= 4 is 28.0 Å². The van der Waals surface area contributed by atoms with Gasteiger partial charge in [0.15, 0.2) is 5.65 Å². The summed E-state index contributed by atoms with van der Waals surface area (Å²) in [5.41, 5.74) is 3.89. The molecule has 1 saturated heterocycles. The lowest BCUT2D eigenvalue weighted by atomic mass is 9.95. The second kappa shape index (κ2) is 6.50. The van der Waals surface area contributed by atoms with E-state index in [0.717, 1.165) is 53.5 Å². The summed E-state index contributed by atoms with van der Waals surface area (Å²) >= 11 is 1.49. The molecule has 0 atom stereocenters. The maximum atomic E-state index is 4.66. The number of piperidine rings is 1. The fraction of sp³-hybridized carbons (Fsp3) is 0.294. The van der Waals surface area contributed by atoms with Crippen molar-refractivity contribution in [1.29, 1.82) is 0 Å². The average Bonchev–Trinajstić information content (AvgIpc) is 3.43. The molecule has 1 aliphatic heterocycles. The van der Waals surface area contributed by atoms with Gasteiger partial charge in [0.05, 0.1) is 18.1 Å². The molecular formula is C17H18N8S. The van der Waals surface area contributed by atoms with Crippen molar-refractivity contribution in [2.45, 2.75) is 18.8 Å². The zero-order valence-corrected chi connectivity index (χ0v) is 14.8. The van der Waals surface area contributed by atoms with Crippen molar-refractivity contribution in [3.05, 3.63) is 42.6 Å². The summed E-state index contributed by atoms with van der Waals surface area (Å²) in [6.07, 6.45) is 9.51. The second-order valence-corrected chi connectivity index (χ2v) is 7.18. The van der Waals surface area contributed by atoms with Gasteiger partial charge in [-0.1, -0.05) is 0 Å². The van der Waals surface area contributed by atoms with E-state index in [9.17, 15) is 0 Å². The maximum absolute atomic E-state index is 4.66. The zero-order valence-electron chi connectivity index (χ0n) is 14.0. The molecule has 26 heavy (non-hydrogen) atoms. The normalized spacial score (nSPS) is 15.5. The van der Waals surface area contributed by atoms with E-state index in [1.165, 1.54) is 17.2 Å². The first kappa shape index (κ1) is 15.5. The first-order valence-electron chi connectivity index (χ1n) is 8.65. The third-order valence-electron chi connectivity index (χ3n) is 4.75. The van der Waals surface area contributed by atoms with Crippen LogP contribution in [0.4, 0.5) is 10.8 Å². The number of fused-ring (bicyclic) bond motifs is 1. The Balaban J connectivity index is 1.44. The van der Waals surface area contributed by atoms with Crippen LogP contribution >= 0.6 is 11.5 Å². The molecule has 8 nitrogen and oxygen atoms in total. The van der Waals surface area contributed by atoms with E-state index in [0.29, 0.717) is 5.92 Å². The summed E-state index contributed by atoms with van der Waals surface area (Å²) in [5, 5.41) is 19.2. The number of rotatable bonds is 4. The zero-order chi connectivity index (χ0) is 17.3. The Labute approximate surface area is 153 Å². The Morgan fingerprint density at radius 3 is 3.00 bits per heavy atom. The van der Waals surface area contributed by atoms with Gasteiger partial charge in [0.1, 0.15) is 10.8 Å². The number of aromatic nitrogens is 6. The highest BCUT2D eigenvalue weighted by atomic mass is 32.1. The molecule has 5 heterocycles. The minimum Gasteiger partial charge on any atom is -0.331 e. The molecule has 4 aromatic rings. The monoisotopic (exact) mass is 366 g/mol. The topological polar surface area (TPSA) is 95.8 Å². The van der Waals surface area contributed by atoms with Crippen LogP contribution in [0.2, 0.25) is 0 Å². The predicted molar refractivity (Wildman–Crippen MR) is 101 cm³/mol. The van der Waals surface area contributed by atoms with Crippen molar-refractivity contribution in [3.63, 3.8) is 0 Å². The number of hydrogen-bond donors (Lipinski definition) is 3. The van der Waals surface area contributed by atoms with Crippen molar-refractivity contribution in [1.82, 2.24) is 34.5 Å². The van der Waals surface area contributed by atoms with E-state index < -0.39 is 0 Å². The smallest absolute Gasteiger partial charge is 0.165 e. The number of hydrogen-bond acceptors (Lipinski definition) is 7. The molecule has 0 spiro atoms. The molecule has 132 valence electrons. The SMILES string of the molecule is c1cc(Nc2cc(C3CCNCC3)ns2)n2ncc(-c3cn[nH]c3)c2n1. The molecular weight excluding hydrogens is 348 g/mol. The van der Waals surface area contributed by atoms with Crippen molar-refractivity contribution < 1.29 is 0 Å². The Morgan fingerprint density at radius 1 is 1.23 bits per heavy atom. The van der Waals surface area contributed by atoms with Gasteiger partial charge < -0.3 is 10.6 Å². The summed E-state index contributed by atoms with van der Waals surface area (Å²) in [7, 11) is 0. The molecule has 1 aliphatic rings. The lowest BCUT2D eigenvalue weighted by molar-refractivity contribution is 0.455. The molecule has 0 bridgehead atoms. The van der Waals surface area contributed by atoms with E-state index in [-0.39, 0.29) is 0 Å². The van der Waals surface area contributed by atoms with E-state index >= 15 is 0 Å². The molecule has 0 saturated carbocycles. The van der Waals surface area contributed by atoms with Crippen LogP contribution in [0.5, 0.6) is 0 Å². The Hall–Kier alpha value is -2.78. The minimum atomic E-state index is 0.554. The molecule has 0 aromatic carbocycles. The number of H-pyrrole nitrogens is 1. The molecule has 9 heteroatoms. The average molecular weight is 366 g/mol. The Bertz CT molecular complexity index is 1010. The number of nitrogens with one attached hydrogen (secondary N) is 3. The Morgan fingerprint density at radius 2 is 2.15 bits per heavy atom. The minimum absolute atomic E-state index is 0.554. The summed E-state index contributed by atoms with van der Waals surface area (Å²) in [5.74, 6) is 1.42. The van der Waals surface area contributed by atoms with Crippen molar-refractivity contribution in [2.75, 3.05) is 18.4 Å². The fourth-order valence-electron chi connectivity index (χ4n) is 3.37. The van der Waals surface area contributed by atoms with E-state index in [1.807, 2.05) is 23.0 Å². The first-order valence-corrected chi connectivity index (χ1v) is 9.42. The molecule has 5 rings (SSSR count). The summed E-state index contributed by atoms with van der Waals surface area (Å²) < 4.78 is 6.47. The lowest BCUT2D eigenvalue weighted by Crippen LogP contribution is -2.26. The largest absolute Gasteiger partial charge is 0.331 e. The molecule has 0 aliphatic carbocycles. The third-order valence-corrected chi connectivity index (χ3v) is 5.47. The molecule has 0 radical (unpaired) electrons. The fourth-order valence-corrected chi connectivity index (χ4v) is 4.10. The van der Waals surface area contributed by atoms with Gasteiger partial charge in [-0.2, -0.15) is 19.1 Å². The van der Waals surface area contributed by atoms with Gasteiger partial charge in [0.25, 0.3) is 0 Å². The lowest BCUT2D eigenvalue weighted by Gasteiger charge is -2.20. The first-order chi connectivity index (χ1) is 12.9. The van der Waals surface area contributed by atoms with E-state index in [2.05, 4.69) is 41.4 Å². The van der Waals surface area contributed by atoms with Gasteiger partial charge in [-0.15, -0.1) is 0 Å². The van der Waals surface area contributed by atoms with Crippen molar-refractivity contribution in [2.24, 2.45) is 0 Å². The van der Waals surface area contributed by atoms with Gasteiger partial charge in [0, 0.05) is 29.4 Å². The summed E-state index contributed by atoms with van der Waals surface area (Å²) in [6.45, 7) is 2.14. The van der Waals surface area contributed by atoms with Gasteiger partial charge in [-0.05, 0) is 49.6 Å². The van der Waals surface area contributed by atoms with Gasteiger partial charge in [-0.3, -0.25) is 5.10 Å². The number of aromatic amines is 1. The van der Waals surface area contributed by atoms with Crippen LogP contribution in [0.1, 0.15) is 24.5 Å². The second-order valence-electron chi connectivity index (χ2n) is 6.38. The third kappa shape index (κ3) is 2.74.